The molecule has 11 heavy (non-hydrogen) atoms. The molecule has 0 radical (unpaired) electrons. The van der Waals surface area contributed by atoms with Gasteiger partial charge in [-0.3, -0.25) is 0 Å². The van der Waals surface area contributed by atoms with Crippen molar-refractivity contribution < 1.29 is 0 Å². The van der Waals surface area contributed by atoms with Crippen LogP contribution in [0, 0.1) is 0 Å². The van der Waals surface area contributed by atoms with E-state index in [1.165, 1.54) is 30.9 Å². The Hall–Kier alpha value is -0.0431. The summed E-state index contributed by atoms with van der Waals surface area (Å²) in [5.41, 5.74) is 1.04. The van der Waals surface area contributed by atoms with E-state index in [4.69, 9.17) is 0 Å². The number of allylic oxidation sites excluding steroid dienone is 1. The summed E-state index contributed by atoms with van der Waals surface area (Å²) in [5, 5.41) is 1.49. The Balaban J connectivity index is 2.62. The normalized spacial score (nSPS) is 20.6. The molecule has 0 spiro atoms. The van der Waals surface area contributed by atoms with Crippen LogP contribution in [0.15, 0.2) is 11.8 Å². The van der Waals surface area contributed by atoms with Crippen LogP contribution in [0.4, 0.5) is 0 Å². The first-order chi connectivity index (χ1) is 5.05. The largest absolute Gasteiger partial charge is 0.104 e. The Kier molecular flexibility index (Phi) is 2.58. The van der Waals surface area contributed by atoms with Gasteiger partial charge in [-0.15, -0.1) is 6.58 Å². The molecular formula is C10H20Si. The molecule has 0 aliphatic heterocycles. The second-order valence-corrected chi connectivity index (χ2v) is 9.60. The highest BCUT2D eigenvalue weighted by molar-refractivity contribution is 6.85. The van der Waals surface area contributed by atoms with Crippen LogP contribution in [0.1, 0.15) is 32.6 Å². The minimum absolute atomic E-state index is 1.04. The van der Waals surface area contributed by atoms with Crippen LogP contribution in [0.2, 0.25) is 18.6 Å². The van der Waals surface area contributed by atoms with Crippen LogP contribution >= 0.6 is 0 Å². The van der Waals surface area contributed by atoms with Crippen LogP contribution < -0.4 is 0 Å². The second kappa shape index (κ2) is 3.14. The van der Waals surface area contributed by atoms with E-state index in [0.717, 1.165) is 5.54 Å². The fourth-order valence-electron chi connectivity index (χ4n) is 2.00. The number of hydrogen-bond donors (Lipinski definition) is 0. The van der Waals surface area contributed by atoms with Gasteiger partial charge in [0.25, 0.3) is 0 Å². The van der Waals surface area contributed by atoms with E-state index in [9.17, 15) is 0 Å². The predicted octanol–water partition coefficient (Wildman–Crippen LogP) is 3.75. The van der Waals surface area contributed by atoms with Crippen LogP contribution in [0.25, 0.3) is 0 Å². The minimum atomic E-state index is -1.04. The molecule has 0 heterocycles. The van der Waals surface area contributed by atoms with E-state index in [0.29, 0.717) is 0 Å². The van der Waals surface area contributed by atoms with E-state index in [1.807, 2.05) is 0 Å². The SMILES string of the molecule is C=C(C)[Si](C)(C)C1CCCC1. The van der Waals surface area contributed by atoms with E-state index in [1.54, 1.807) is 0 Å². The fourth-order valence-corrected chi connectivity index (χ4v) is 4.54. The van der Waals surface area contributed by atoms with Crippen molar-refractivity contribution in [2.75, 3.05) is 0 Å². The average molecular weight is 168 g/mol. The number of hydrogen-bond acceptors (Lipinski definition) is 0. The van der Waals surface area contributed by atoms with Crippen molar-refractivity contribution in [3.05, 3.63) is 11.8 Å². The molecule has 1 aliphatic carbocycles. The van der Waals surface area contributed by atoms with Crippen LogP contribution in [-0.4, -0.2) is 8.07 Å². The van der Waals surface area contributed by atoms with Gasteiger partial charge >= 0.3 is 0 Å². The summed E-state index contributed by atoms with van der Waals surface area (Å²) in [4.78, 5) is 0. The molecule has 1 heteroatoms. The molecule has 0 bridgehead atoms. The van der Waals surface area contributed by atoms with Gasteiger partial charge in [-0.25, -0.2) is 0 Å². The smallest absolute Gasteiger partial charge is 0.0773 e. The summed E-state index contributed by atoms with van der Waals surface area (Å²) >= 11 is 0. The van der Waals surface area contributed by atoms with Gasteiger partial charge in [0.2, 0.25) is 0 Å². The first-order valence-corrected chi connectivity index (χ1v) is 7.79. The maximum absolute atomic E-state index is 4.13. The van der Waals surface area contributed by atoms with Gasteiger partial charge in [0.05, 0.1) is 8.07 Å². The highest BCUT2D eigenvalue weighted by Gasteiger charge is 2.33. The lowest BCUT2D eigenvalue weighted by molar-refractivity contribution is 0.840. The van der Waals surface area contributed by atoms with Crippen molar-refractivity contribution >= 4 is 8.07 Å². The first-order valence-electron chi connectivity index (χ1n) is 4.71. The van der Waals surface area contributed by atoms with E-state index >= 15 is 0 Å². The Bertz CT molecular complexity index is 152. The van der Waals surface area contributed by atoms with Crippen molar-refractivity contribution in [3.8, 4) is 0 Å². The number of rotatable bonds is 2. The third-order valence-corrected chi connectivity index (χ3v) is 8.29. The van der Waals surface area contributed by atoms with Crippen molar-refractivity contribution in [1.82, 2.24) is 0 Å². The zero-order valence-electron chi connectivity index (χ0n) is 8.11. The summed E-state index contributed by atoms with van der Waals surface area (Å²) in [6, 6.07) is 0. The fraction of sp³-hybridized carbons (Fsp3) is 0.800. The molecule has 0 nitrogen and oxygen atoms in total. The molecule has 1 aliphatic rings. The van der Waals surface area contributed by atoms with Gasteiger partial charge in [0.15, 0.2) is 0 Å². The highest BCUT2D eigenvalue weighted by atomic mass is 28.3. The third kappa shape index (κ3) is 1.75. The van der Waals surface area contributed by atoms with Crippen molar-refractivity contribution in [2.24, 2.45) is 0 Å². The molecule has 1 saturated carbocycles. The molecule has 1 rings (SSSR count). The van der Waals surface area contributed by atoms with Gasteiger partial charge in [-0.1, -0.05) is 44.0 Å². The molecule has 0 N–H and O–H groups in total. The van der Waals surface area contributed by atoms with E-state index < -0.39 is 8.07 Å². The van der Waals surface area contributed by atoms with Gasteiger partial charge in [-0.2, -0.15) is 0 Å². The van der Waals surface area contributed by atoms with Crippen LogP contribution in [0.5, 0.6) is 0 Å². The zero-order valence-corrected chi connectivity index (χ0v) is 9.11. The van der Waals surface area contributed by atoms with Crippen LogP contribution in [0.3, 0.4) is 0 Å². The summed E-state index contributed by atoms with van der Waals surface area (Å²) in [7, 11) is -1.04. The molecule has 0 unspecified atom stereocenters. The standard InChI is InChI=1S/C10H20Si/c1-9(2)11(3,4)10-7-5-6-8-10/h10H,1,5-8H2,2-4H3. The van der Waals surface area contributed by atoms with Gasteiger partial charge in [-0.05, 0) is 12.5 Å². The molecule has 64 valence electrons. The van der Waals surface area contributed by atoms with Gasteiger partial charge in [0.1, 0.15) is 0 Å². The Morgan fingerprint density at radius 2 is 1.73 bits per heavy atom. The monoisotopic (exact) mass is 168 g/mol. The topological polar surface area (TPSA) is 0 Å². The van der Waals surface area contributed by atoms with E-state index in [-0.39, 0.29) is 0 Å². The zero-order chi connectivity index (χ0) is 8.48. The lowest BCUT2D eigenvalue weighted by atomic mass is 10.4. The summed E-state index contributed by atoms with van der Waals surface area (Å²) in [6.07, 6.45) is 5.89. The second-order valence-electron chi connectivity index (χ2n) is 4.48. The van der Waals surface area contributed by atoms with Gasteiger partial charge < -0.3 is 0 Å². The summed E-state index contributed by atoms with van der Waals surface area (Å²) in [6.45, 7) is 11.3. The third-order valence-electron chi connectivity index (χ3n) is 3.48. The molecule has 0 amide bonds. The Morgan fingerprint density at radius 3 is 2.09 bits per heavy atom. The summed E-state index contributed by atoms with van der Waals surface area (Å²) in [5.74, 6) is 0. The Labute approximate surface area is 71.7 Å². The molecule has 0 saturated heterocycles. The first kappa shape index (κ1) is 9.05. The maximum Gasteiger partial charge on any atom is 0.0773 e. The average Bonchev–Trinajstić information content (AvgIpc) is 2.37. The molecule has 0 aromatic heterocycles. The molecular weight excluding hydrogens is 148 g/mol. The van der Waals surface area contributed by atoms with Crippen molar-refractivity contribution in [1.29, 1.82) is 0 Å². The maximum atomic E-state index is 4.13. The predicted molar refractivity (Wildman–Crippen MR) is 54.5 cm³/mol. The molecule has 1 fully saturated rings. The lowest BCUT2D eigenvalue weighted by Gasteiger charge is -2.29. The van der Waals surface area contributed by atoms with E-state index in [2.05, 4.69) is 26.6 Å². The molecule has 0 aromatic carbocycles. The van der Waals surface area contributed by atoms with Gasteiger partial charge in [0, 0.05) is 0 Å². The van der Waals surface area contributed by atoms with Crippen molar-refractivity contribution in [2.45, 2.75) is 51.2 Å². The summed E-state index contributed by atoms with van der Waals surface area (Å²) < 4.78 is 0. The van der Waals surface area contributed by atoms with Crippen LogP contribution in [-0.2, 0) is 0 Å². The molecule has 0 aromatic rings. The lowest BCUT2D eigenvalue weighted by Crippen LogP contribution is -2.32. The quantitative estimate of drug-likeness (QED) is 0.551. The molecule has 0 atom stereocenters. The van der Waals surface area contributed by atoms with Crippen molar-refractivity contribution in [3.63, 3.8) is 0 Å². The minimum Gasteiger partial charge on any atom is -0.104 e. The highest BCUT2D eigenvalue weighted by Crippen LogP contribution is 2.40. The Morgan fingerprint density at radius 1 is 1.27 bits per heavy atom.